The van der Waals surface area contributed by atoms with Crippen LogP contribution in [0.2, 0.25) is 0 Å². The summed E-state index contributed by atoms with van der Waals surface area (Å²) in [6, 6.07) is 11.2. The van der Waals surface area contributed by atoms with Crippen LogP contribution >= 0.6 is 0 Å². The molecule has 6 nitrogen and oxygen atoms in total. The zero-order chi connectivity index (χ0) is 17.6. The number of amides is 1. The number of aromatic nitrogens is 2. The summed E-state index contributed by atoms with van der Waals surface area (Å²) in [5, 5.41) is 11.4. The van der Waals surface area contributed by atoms with Crippen molar-refractivity contribution in [3.8, 4) is 5.75 Å². The molecular weight excluding hydrogens is 316 g/mol. The Labute approximate surface area is 148 Å². The predicted octanol–water partition coefficient (Wildman–Crippen LogP) is 3.63. The van der Waals surface area contributed by atoms with Gasteiger partial charge in [0.15, 0.2) is 11.5 Å². The summed E-state index contributed by atoms with van der Waals surface area (Å²) in [4.78, 5) is 14.3. The third-order valence-electron chi connectivity index (χ3n) is 4.04. The van der Waals surface area contributed by atoms with Crippen LogP contribution in [0.1, 0.15) is 43.6 Å². The molecule has 0 bridgehead atoms. The van der Waals surface area contributed by atoms with Crippen molar-refractivity contribution in [1.29, 1.82) is 0 Å². The number of anilines is 2. The molecule has 25 heavy (non-hydrogen) atoms. The van der Waals surface area contributed by atoms with Crippen molar-refractivity contribution in [3.63, 3.8) is 0 Å². The second kappa shape index (κ2) is 7.96. The van der Waals surface area contributed by atoms with Crippen molar-refractivity contribution in [1.82, 2.24) is 15.1 Å². The Hall–Kier alpha value is -2.63. The SMILES string of the molecule is CC(C)Oc1ccccc1Nc1ccc(C(=O)N2CCCCC2)nn1. The zero-order valence-electron chi connectivity index (χ0n) is 14.7. The van der Waals surface area contributed by atoms with E-state index in [9.17, 15) is 4.79 Å². The molecule has 0 unspecified atom stereocenters. The molecule has 6 heteroatoms. The number of ether oxygens (including phenoxy) is 1. The first kappa shape index (κ1) is 17.2. The molecule has 1 saturated heterocycles. The van der Waals surface area contributed by atoms with Gasteiger partial charge in [0.25, 0.3) is 5.91 Å². The number of hydrogen-bond donors (Lipinski definition) is 1. The molecule has 1 amide bonds. The first-order valence-electron chi connectivity index (χ1n) is 8.79. The van der Waals surface area contributed by atoms with Crippen LogP contribution in [0.4, 0.5) is 11.5 Å². The topological polar surface area (TPSA) is 67.3 Å². The van der Waals surface area contributed by atoms with Crippen LogP contribution in [0.3, 0.4) is 0 Å². The van der Waals surface area contributed by atoms with Gasteiger partial charge >= 0.3 is 0 Å². The Kier molecular flexibility index (Phi) is 5.48. The summed E-state index contributed by atoms with van der Waals surface area (Å²) >= 11 is 0. The van der Waals surface area contributed by atoms with E-state index in [-0.39, 0.29) is 12.0 Å². The Morgan fingerprint density at radius 2 is 1.84 bits per heavy atom. The van der Waals surface area contributed by atoms with Crippen LogP contribution in [-0.4, -0.2) is 40.2 Å². The molecular formula is C19H24N4O2. The lowest BCUT2D eigenvalue weighted by Gasteiger charge is -2.26. The first-order chi connectivity index (χ1) is 12.1. The number of nitrogens with one attached hydrogen (secondary N) is 1. The number of hydrogen-bond acceptors (Lipinski definition) is 5. The maximum absolute atomic E-state index is 12.4. The molecule has 1 aromatic heterocycles. The van der Waals surface area contributed by atoms with Crippen molar-refractivity contribution in [2.24, 2.45) is 0 Å². The summed E-state index contributed by atoms with van der Waals surface area (Å²) in [5.74, 6) is 1.30. The second-order valence-electron chi connectivity index (χ2n) is 6.44. The highest BCUT2D eigenvalue weighted by Gasteiger charge is 2.19. The van der Waals surface area contributed by atoms with E-state index in [0.717, 1.165) is 37.4 Å². The minimum Gasteiger partial charge on any atom is -0.489 e. The average Bonchev–Trinajstić information content (AvgIpc) is 2.64. The van der Waals surface area contributed by atoms with Crippen LogP contribution < -0.4 is 10.1 Å². The summed E-state index contributed by atoms with van der Waals surface area (Å²) < 4.78 is 5.79. The van der Waals surface area contributed by atoms with E-state index in [1.807, 2.05) is 43.0 Å². The molecule has 0 atom stereocenters. The molecule has 0 spiro atoms. The maximum atomic E-state index is 12.4. The van der Waals surface area contributed by atoms with Crippen molar-refractivity contribution in [2.45, 2.75) is 39.2 Å². The fourth-order valence-electron chi connectivity index (χ4n) is 2.84. The van der Waals surface area contributed by atoms with E-state index in [4.69, 9.17) is 4.74 Å². The number of carbonyl (C=O) groups excluding carboxylic acids is 1. The highest BCUT2D eigenvalue weighted by Crippen LogP contribution is 2.27. The third-order valence-corrected chi connectivity index (χ3v) is 4.04. The standard InChI is InChI=1S/C19H24N4O2/c1-14(2)25-17-9-5-4-8-15(17)20-18-11-10-16(21-22-18)19(24)23-12-6-3-7-13-23/h4-5,8-11,14H,3,6-7,12-13H2,1-2H3,(H,20,22). The van der Waals surface area contributed by atoms with Gasteiger partial charge in [-0.05, 0) is 57.4 Å². The van der Waals surface area contributed by atoms with E-state index in [0.29, 0.717) is 11.5 Å². The summed E-state index contributed by atoms with van der Waals surface area (Å²) in [7, 11) is 0. The van der Waals surface area contributed by atoms with E-state index in [1.54, 1.807) is 12.1 Å². The summed E-state index contributed by atoms with van der Waals surface area (Å²) in [6.45, 7) is 5.58. The molecule has 0 saturated carbocycles. The van der Waals surface area contributed by atoms with Crippen molar-refractivity contribution in [2.75, 3.05) is 18.4 Å². The molecule has 2 aromatic rings. The average molecular weight is 340 g/mol. The molecule has 0 radical (unpaired) electrons. The molecule has 3 rings (SSSR count). The van der Waals surface area contributed by atoms with Crippen molar-refractivity contribution in [3.05, 3.63) is 42.1 Å². The van der Waals surface area contributed by atoms with Gasteiger partial charge in [0, 0.05) is 13.1 Å². The molecule has 132 valence electrons. The van der Waals surface area contributed by atoms with Gasteiger partial charge in [0.05, 0.1) is 11.8 Å². The minimum absolute atomic E-state index is 0.0395. The van der Waals surface area contributed by atoms with Gasteiger partial charge in [0.1, 0.15) is 5.75 Å². The lowest BCUT2D eigenvalue weighted by atomic mass is 10.1. The van der Waals surface area contributed by atoms with Gasteiger partial charge in [-0.2, -0.15) is 0 Å². The van der Waals surface area contributed by atoms with Crippen LogP contribution in [0, 0.1) is 0 Å². The lowest BCUT2D eigenvalue weighted by molar-refractivity contribution is 0.0717. The molecule has 1 fully saturated rings. The summed E-state index contributed by atoms with van der Waals surface area (Å²) in [5.41, 5.74) is 1.21. The van der Waals surface area contributed by atoms with Gasteiger partial charge in [-0.1, -0.05) is 12.1 Å². The fourth-order valence-corrected chi connectivity index (χ4v) is 2.84. The van der Waals surface area contributed by atoms with Crippen LogP contribution in [0.5, 0.6) is 5.75 Å². The Morgan fingerprint density at radius 1 is 1.08 bits per heavy atom. The van der Waals surface area contributed by atoms with Crippen molar-refractivity contribution >= 4 is 17.4 Å². The normalized spacial score (nSPS) is 14.4. The van der Waals surface area contributed by atoms with Gasteiger partial charge in [0.2, 0.25) is 0 Å². The van der Waals surface area contributed by atoms with E-state index < -0.39 is 0 Å². The predicted molar refractivity (Wildman–Crippen MR) is 97.3 cm³/mol. The largest absolute Gasteiger partial charge is 0.489 e. The molecule has 1 N–H and O–H groups in total. The number of carbonyl (C=O) groups is 1. The number of benzene rings is 1. The zero-order valence-corrected chi connectivity index (χ0v) is 14.7. The molecule has 0 aliphatic carbocycles. The molecule has 1 aromatic carbocycles. The van der Waals surface area contributed by atoms with Gasteiger partial charge in [-0.3, -0.25) is 4.79 Å². The monoisotopic (exact) mass is 340 g/mol. The summed E-state index contributed by atoms with van der Waals surface area (Å²) in [6.07, 6.45) is 3.39. The smallest absolute Gasteiger partial charge is 0.274 e. The number of para-hydroxylation sites is 2. The van der Waals surface area contributed by atoms with Crippen LogP contribution in [-0.2, 0) is 0 Å². The third kappa shape index (κ3) is 4.47. The molecule has 1 aliphatic rings. The highest BCUT2D eigenvalue weighted by atomic mass is 16.5. The van der Waals surface area contributed by atoms with Crippen molar-refractivity contribution < 1.29 is 9.53 Å². The first-order valence-corrected chi connectivity index (χ1v) is 8.79. The number of likely N-dealkylation sites (tertiary alicyclic amines) is 1. The van der Waals surface area contributed by atoms with E-state index in [1.165, 1.54) is 6.42 Å². The van der Waals surface area contributed by atoms with Crippen LogP contribution in [0.25, 0.3) is 0 Å². The Morgan fingerprint density at radius 3 is 2.52 bits per heavy atom. The van der Waals surface area contributed by atoms with E-state index in [2.05, 4.69) is 15.5 Å². The maximum Gasteiger partial charge on any atom is 0.274 e. The minimum atomic E-state index is -0.0395. The quantitative estimate of drug-likeness (QED) is 0.900. The Bertz CT molecular complexity index is 710. The van der Waals surface area contributed by atoms with Gasteiger partial charge in [-0.15, -0.1) is 10.2 Å². The van der Waals surface area contributed by atoms with Crippen LogP contribution in [0.15, 0.2) is 36.4 Å². The number of rotatable bonds is 5. The molecule has 1 aliphatic heterocycles. The molecule has 2 heterocycles. The van der Waals surface area contributed by atoms with Gasteiger partial charge in [-0.25, -0.2) is 0 Å². The fraction of sp³-hybridized carbons (Fsp3) is 0.421. The number of nitrogens with zero attached hydrogens (tertiary/aromatic N) is 3. The number of piperidine rings is 1. The van der Waals surface area contributed by atoms with E-state index >= 15 is 0 Å². The Balaban J connectivity index is 1.70. The second-order valence-corrected chi connectivity index (χ2v) is 6.44. The van der Waals surface area contributed by atoms with Gasteiger partial charge < -0.3 is 15.0 Å². The highest BCUT2D eigenvalue weighted by molar-refractivity contribution is 5.92. The lowest BCUT2D eigenvalue weighted by Crippen LogP contribution is -2.36.